The van der Waals surface area contributed by atoms with E-state index in [0.29, 0.717) is 0 Å². The van der Waals surface area contributed by atoms with Crippen LogP contribution in [0.5, 0.6) is 0 Å². The van der Waals surface area contributed by atoms with Crippen LogP contribution in [0, 0.1) is 0 Å². The van der Waals surface area contributed by atoms with Crippen molar-refractivity contribution in [2.24, 2.45) is 0 Å². The summed E-state index contributed by atoms with van der Waals surface area (Å²) in [5.74, 6) is 0. The summed E-state index contributed by atoms with van der Waals surface area (Å²) in [5.41, 5.74) is 0. The van der Waals surface area contributed by atoms with Crippen LogP contribution in [0.1, 0.15) is 0 Å². The molecule has 0 amide bonds. The molecule has 1 aliphatic heterocycles. The van der Waals surface area contributed by atoms with Gasteiger partial charge in [0, 0.05) is 16.8 Å². The Morgan fingerprint density at radius 2 is 1.50 bits per heavy atom. The monoisotopic (exact) mass is 101 g/mol. The fourth-order valence-electron chi connectivity index (χ4n) is 0. The van der Waals surface area contributed by atoms with Gasteiger partial charge >= 0.3 is 0 Å². The first kappa shape index (κ1) is 4.47. The molecule has 1 fully saturated rings. The zero-order valence-corrected chi connectivity index (χ0v) is 3.24. The maximum atomic E-state index is 3.75. The zero-order valence-electron chi connectivity index (χ0n) is 2.19. The van der Waals surface area contributed by atoms with Gasteiger partial charge in [0.1, 0.15) is 0 Å². The van der Waals surface area contributed by atoms with E-state index in [1.807, 2.05) is 0 Å². The van der Waals surface area contributed by atoms with Crippen molar-refractivity contribution in [3.8, 4) is 0 Å². The number of nitrogens with zero attached hydrogens (tertiary/aromatic N) is 1. The topological polar surface area (TPSA) is 14.1 Å². The van der Waals surface area contributed by atoms with Gasteiger partial charge < -0.3 is 5.32 Å². The van der Waals surface area contributed by atoms with Crippen LogP contribution in [-0.4, -0.2) is 13.1 Å². The van der Waals surface area contributed by atoms with Crippen LogP contribution in [0.4, 0.5) is 0 Å². The summed E-state index contributed by atoms with van der Waals surface area (Å²) < 4.78 is 0. The molecule has 27 valence electrons. The Bertz CT molecular complexity index is 10.8. The molecule has 0 saturated carbocycles. The molecule has 1 aliphatic rings. The van der Waals surface area contributed by atoms with E-state index in [-0.39, 0.29) is 16.8 Å². The number of hydrogen-bond acceptors (Lipinski definition) is 0. The van der Waals surface area contributed by atoms with Crippen LogP contribution in [0.2, 0.25) is 0 Å². The fourth-order valence-corrected chi connectivity index (χ4v) is 0. The van der Waals surface area contributed by atoms with Crippen LogP contribution < -0.4 is 0 Å². The van der Waals surface area contributed by atoms with Crippen molar-refractivity contribution < 1.29 is 16.8 Å². The third kappa shape index (κ3) is 2.47. The Balaban J connectivity index is 0.0000000900. The third-order valence-electron chi connectivity index (χ3n) is 0.224. The molecule has 0 N–H and O–H groups in total. The smallest absolute Gasteiger partial charge is 0 e. The Kier molecular flexibility index (Phi) is 1.96. The molecule has 0 spiro atoms. The van der Waals surface area contributed by atoms with E-state index in [2.05, 4.69) is 5.32 Å². The standard InChI is InChI=1S/C2H4N.Co/c1-2-3-1;/h1-2H2;/q-1;. The molecule has 4 heavy (non-hydrogen) atoms. The van der Waals surface area contributed by atoms with Crippen molar-refractivity contribution in [1.29, 1.82) is 0 Å². The first-order valence-electron chi connectivity index (χ1n) is 1.13. The Morgan fingerprint density at radius 1 is 1.25 bits per heavy atom. The summed E-state index contributed by atoms with van der Waals surface area (Å²) in [7, 11) is 0. The van der Waals surface area contributed by atoms with E-state index in [0.717, 1.165) is 13.1 Å². The van der Waals surface area contributed by atoms with Crippen LogP contribution in [-0.2, 0) is 16.8 Å². The molecule has 0 atom stereocenters. The van der Waals surface area contributed by atoms with Gasteiger partial charge in [-0.1, -0.05) is 0 Å². The maximum Gasteiger partial charge on any atom is 0 e. The largest absolute Gasteiger partial charge is 0.665 e. The summed E-state index contributed by atoms with van der Waals surface area (Å²) in [6.07, 6.45) is 0. The quantitative estimate of drug-likeness (QED) is 0.391. The molecule has 0 unspecified atom stereocenters. The van der Waals surface area contributed by atoms with Crippen molar-refractivity contribution in [2.75, 3.05) is 13.1 Å². The van der Waals surface area contributed by atoms with E-state index in [9.17, 15) is 0 Å². The van der Waals surface area contributed by atoms with Gasteiger partial charge in [0.15, 0.2) is 0 Å². The van der Waals surface area contributed by atoms with Crippen LogP contribution in [0.15, 0.2) is 0 Å². The Morgan fingerprint density at radius 3 is 1.50 bits per heavy atom. The van der Waals surface area contributed by atoms with Crippen LogP contribution in [0.25, 0.3) is 5.32 Å². The molecule has 1 radical (unpaired) electrons. The van der Waals surface area contributed by atoms with Crippen molar-refractivity contribution in [2.45, 2.75) is 0 Å². The minimum absolute atomic E-state index is 0. The minimum Gasteiger partial charge on any atom is -0.665 e. The Hall–Kier alpha value is 0.466. The molecule has 0 aliphatic carbocycles. The van der Waals surface area contributed by atoms with E-state index in [1.165, 1.54) is 0 Å². The van der Waals surface area contributed by atoms with Gasteiger partial charge in [-0.3, -0.25) is 0 Å². The van der Waals surface area contributed by atoms with Gasteiger partial charge in [0.05, 0.1) is 0 Å². The van der Waals surface area contributed by atoms with Gasteiger partial charge in [-0.15, -0.1) is 0 Å². The maximum absolute atomic E-state index is 3.75. The predicted molar refractivity (Wildman–Crippen MR) is 13.1 cm³/mol. The fraction of sp³-hybridized carbons (Fsp3) is 1.00. The summed E-state index contributed by atoms with van der Waals surface area (Å²) in [6, 6.07) is 0. The molecular formula is C2H4CoN-. The van der Waals surface area contributed by atoms with Crippen LogP contribution >= 0.6 is 0 Å². The third-order valence-corrected chi connectivity index (χ3v) is 0.224. The molecule has 0 bridgehead atoms. The number of rotatable bonds is 0. The molecule has 0 aromatic rings. The Labute approximate surface area is 36.0 Å². The summed E-state index contributed by atoms with van der Waals surface area (Å²) >= 11 is 0. The summed E-state index contributed by atoms with van der Waals surface area (Å²) in [4.78, 5) is 0. The summed E-state index contributed by atoms with van der Waals surface area (Å²) in [5, 5.41) is 3.75. The molecule has 1 nitrogen and oxygen atoms in total. The van der Waals surface area contributed by atoms with Gasteiger partial charge in [-0.2, -0.15) is 13.1 Å². The number of hydrogen-bond donors (Lipinski definition) is 0. The zero-order chi connectivity index (χ0) is 2.12. The van der Waals surface area contributed by atoms with E-state index < -0.39 is 0 Å². The average Bonchev–Trinajstić information content (AvgIpc) is 1.46. The normalized spacial score (nSPS) is 18.0. The SMILES string of the molecule is C1C[N-]1.[Co]. The van der Waals surface area contributed by atoms with Gasteiger partial charge in [-0.25, -0.2) is 0 Å². The van der Waals surface area contributed by atoms with Gasteiger partial charge in [0.2, 0.25) is 0 Å². The minimum atomic E-state index is 0. The molecule has 1 rings (SSSR count). The second-order valence-corrected chi connectivity index (χ2v) is 0.671. The first-order valence-corrected chi connectivity index (χ1v) is 1.13. The van der Waals surface area contributed by atoms with Crippen molar-refractivity contribution in [3.63, 3.8) is 0 Å². The molecule has 0 aromatic heterocycles. The van der Waals surface area contributed by atoms with Crippen molar-refractivity contribution in [3.05, 3.63) is 5.32 Å². The van der Waals surface area contributed by atoms with E-state index >= 15 is 0 Å². The van der Waals surface area contributed by atoms with E-state index in [4.69, 9.17) is 0 Å². The van der Waals surface area contributed by atoms with Crippen molar-refractivity contribution >= 4 is 0 Å². The van der Waals surface area contributed by atoms with Gasteiger partial charge in [-0.05, 0) is 0 Å². The van der Waals surface area contributed by atoms with Gasteiger partial charge in [0.25, 0.3) is 0 Å². The predicted octanol–water partition coefficient (Wildman–Crippen LogP) is 0.371. The van der Waals surface area contributed by atoms with E-state index in [1.54, 1.807) is 0 Å². The van der Waals surface area contributed by atoms with Crippen LogP contribution in [0.3, 0.4) is 0 Å². The average molecular weight is 101 g/mol. The molecular weight excluding hydrogens is 97.0 g/mol. The second-order valence-electron chi connectivity index (χ2n) is 0.671. The first-order chi connectivity index (χ1) is 1.50. The molecule has 1 saturated heterocycles. The molecule has 1 heterocycles. The second kappa shape index (κ2) is 1.75. The van der Waals surface area contributed by atoms with Crippen molar-refractivity contribution in [1.82, 2.24) is 0 Å². The molecule has 0 aromatic carbocycles. The molecule has 2 heteroatoms. The summed E-state index contributed by atoms with van der Waals surface area (Å²) in [6.45, 7) is 2.25.